The van der Waals surface area contributed by atoms with Gasteiger partial charge in [0, 0.05) is 41.3 Å². The Morgan fingerprint density at radius 2 is 1.76 bits per heavy atom. The van der Waals surface area contributed by atoms with Gasteiger partial charge < -0.3 is 4.57 Å². The summed E-state index contributed by atoms with van der Waals surface area (Å²) in [6.07, 6.45) is -1.84. The Morgan fingerprint density at radius 3 is 2.35 bits per heavy atom. The van der Waals surface area contributed by atoms with Gasteiger partial charge in [-0.1, -0.05) is 13.0 Å². The van der Waals surface area contributed by atoms with Crippen LogP contribution in [0.5, 0.6) is 0 Å². The number of rotatable bonds is 7. The van der Waals surface area contributed by atoms with E-state index in [1.165, 1.54) is 25.3 Å². The number of hydrogen-bond acceptors (Lipinski definition) is 5. The van der Waals surface area contributed by atoms with E-state index in [-0.39, 0.29) is 33.4 Å². The second-order valence-electron chi connectivity index (χ2n) is 8.90. The molecule has 2 aliphatic heterocycles. The molecule has 2 aromatic rings. The lowest BCUT2D eigenvalue weighted by atomic mass is 10.1. The molecule has 0 atom stereocenters. The summed E-state index contributed by atoms with van der Waals surface area (Å²) in [5, 5.41) is 0. The Hall–Kier alpha value is -3.41. The summed E-state index contributed by atoms with van der Waals surface area (Å²) in [6.45, 7) is 0.473. The molecule has 5 rings (SSSR count). The van der Waals surface area contributed by atoms with Crippen LogP contribution in [0.15, 0.2) is 53.8 Å². The lowest BCUT2D eigenvalue weighted by Gasteiger charge is -2.15. The van der Waals surface area contributed by atoms with Gasteiger partial charge in [-0.25, -0.2) is 22.2 Å². The predicted octanol–water partition coefficient (Wildman–Crippen LogP) is 6.07. The molecule has 1 saturated carbocycles. The number of halogens is 5. The van der Waals surface area contributed by atoms with Crippen LogP contribution in [0, 0.1) is 0 Å². The highest BCUT2D eigenvalue weighted by atomic mass is 32.2. The smallest absolute Gasteiger partial charge is 0.340 e. The highest BCUT2D eigenvalue weighted by Gasteiger charge is 2.34. The van der Waals surface area contributed by atoms with E-state index >= 15 is 0 Å². The minimum Gasteiger partial charge on any atom is -0.340 e. The van der Waals surface area contributed by atoms with Crippen molar-refractivity contribution in [2.75, 3.05) is 5.75 Å². The van der Waals surface area contributed by atoms with Crippen LogP contribution in [0.1, 0.15) is 36.9 Å². The highest BCUT2D eigenvalue weighted by molar-refractivity contribution is 7.91. The van der Waals surface area contributed by atoms with E-state index in [0.717, 1.165) is 29.2 Å². The molecule has 37 heavy (non-hydrogen) atoms. The molecule has 2 aromatic heterocycles. The molecular weight excluding hydrogens is 515 g/mol. The summed E-state index contributed by atoms with van der Waals surface area (Å²) in [5.74, 6) is 0.196. The standard InChI is InChI=1S/C25H21F5N4O2S/c1-2-37(35,36)22-7-16(15-5-6-18(31-10-15)14-3-4-14)11-32-24(22)20-9-21-19(33-20)8-17(25(28,29)30)12-34(21)13-23(26)27/h5-12,14,23H,2-4,13H2,1H3. The molecule has 1 fully saturated rings. The first kappa shape index (κ1) is 25.2. The van der Waals surface area contributed by atoms with E-state index in [1.54, 1.807) is 6.20 Å². The maximum atomic E-state index is 13.4. The molecule has 0 spiro atoms. The lowest BCUT2D eigenvalue weighted by Crippen LogP contribution is -2.14. The second kappa shape index (κ2) is 9.16. The summed E-state index contributed by atoms with van der Waals surface area (Å²) in [7, 11) is -3.85. The second-order valence-corrected chi connectivity index (χ2v) is 11.1. The Morgan fingerprint density at radius 1 is 1.03 bits per heavy atom. The number of pyridine rings is 3. The average molecular weight is 537 g/mol. The first-order chi connectivity index (χ1) is 17.5. The van der Waals surface area contributed by atoms with Gasteiger partial charge in [-0.2, -0.15) is 13.2 Å². The fraction of sp³-hybridized carbons (Fsp3) is 0.320. The summed E-state index contributed by atoms with van der Waals surface area (Å²) >= 11 is 0. The first-order valence-electron chi connectivity index (χ1n) is 11.5. The zero-order chi connectivity index (χ0) is 26.5. The van der Waals surface area contributed by atoms with E-state index in [1.807, 2.05) is 12.1 Å². The van der Waals surface area contributed by atoms with Gasteiger partial charge in [0.15, 0.2) is 9.84 Å². The number of fused-ring (bicyclic) bond motifs is 1. The molecule has 194 valence electrons. The molecule has 0 bridgehead atoms. The Labute approximate surface area is 209 Å². The molecule has 0 unspecified atom stereocenters. The van der Waals surface area contributed by atoms with Crippen molar-refractivity contribution < 1.29 is 30.4 Å². The average Bonchev–Trinajstić information content (AvgIpc) is 3.61. The summed E-state index contributed by atoms with van der Waals surface area (Å²) in [4.78, 5) is 12.8. The Kier molecular flexibility index (Phi) is 6.25. The van der Waals surface area contributed by atoms with Crippen LogP contribution in [0.2, 0.25) is 0 Å². The molecule has 0 amide bonds. The summed E-state index contributed by atoms with van der Waals surface area (Å²) < 4.78 is 93.2. The van der Waals surface area contributed by atoms with Crippen LogP contribution in [0.4, 0.5) is 22.0 Å². The van der Waals surface area contributed by atoms with E-state index < -0.39 is 34.5 Å². The third kappa shape index (κ3) is 5.07. The molecule has 0 aromatic carbocycles. The van der Waals surface area contributed by atoms with E-state index in [4.69, 9.17) is 0 Å². The quantitative estimate of drug-likeness (QED) is 0.268. The minimum absolute atomic E-state index is 0.00823. The maximum Gasteiger partial charge on any atom is 0.417 e. The van der Waals surface area contributed by atoms with Crippen LogP contribution in [-0.4, -0.2) is 40.1 Å². The summed E-state index contributed by atoms with van der Waals surface area (Å²) in [5.41, 5.74) is 0.689. The van der Waals surface area contributed by atoms with Gasteiger partial charge in [-0.15, -0.1) is 0 Å². The molecule has 1 aliphatic carbocycles. The van der Waals surface area contributed by atoms with Crippen molar-refractivity contribution >= 4 is 9.84 Å². The zero-order valence-corrected chi connectivity index (χ0v) is 20.3. The molecule has 0 saturated heterocycles. The molecule has 0 radical (unpaired) electrons. The monoisotopic (exact) mass is 536 g/mol. The SMILES string of the molecule is CCS(=O)(=O)c1cc(-c2ccc(C3CC3)nc2)cnc1-c1cc2n(CC(F)F)cc(C(F)(F)F)cc-2n1. The molecule has 6 nitrogen and oxygen atoms in total. The minimum atomic E-state index is -4.78. The van der Waals surface area contributed by atoms with Crippen LogP contribution < -0.4 is 0 Å². The third-order valence-electron chi connectivity index (χ3n) is 6.26. The molecular formula is C25H21F5N4O2S. The van der Waals surface area contributed by atoms with Gasteiger partial charge in [0.2, 0.25) is 0 Å². The Balaban J connectivity index is 1.64. The molecule has 12 heteroatoms. The Bertz CT molecular complexity index is 1530. The van der Waals surface area contributed by atoms with Gasteiger partial charge in [0.05, 0.1) is 39.8 Å². The number of nitrogens with zero attached hydrogens (tertiary/aromatic N) is 4. The van der Waals surface area contributed by atoms with Gasteiger partial charge >= 0.3 is 6.18 Å². The fourth-order valence-corrected chi connectivity index (χ4v) is 5.21. The lowest BCUT2D eigenvalue weighted by molar-refractivity contribution is -0.138. The predicted molar refractivity (Wildman–Crippen MR) is 126 cm³/mol. The van der Waals surface area contributed by atoms with Crippen molar-refractivity contribution in [3.63, 3.8) is 0 Å². The van der Waals surface area contributed by atoms with Gasteiger partial charge in [0.25, 0.3) is 6.43 Å². The highest BCUT2D eigenvalue weighted by Crippen LogP contribution is 2.40. The largest absolute Gasteiger partial charge is 0.417 e. The van der Waals surface area contributed by atoms with Crippen LogP contribution in [-0.2, 0) is 22.6 Å². The van der Waals surface area contributed by atoms with E-state index in [0.29, 0.717) is 23.2 Å². The third-order valence-corrected chi connectivity index (χ3v) is 8.00. The molecule has 4 heterocycles. The van der Waals surface area contributed by atoms with Gasteiger partial charge in [0.1, 0.15) is 5.69 Å². The van der Waals surface area contributed by atoms with Crippen LogP contribution >= 0.6 is 0 Å². The number of sulfone groups is 1. The van der Waals surface area contributed by atoms with Crippen molar-refractivity contribution in [3.05, 3.63) is 60.2 Å². The first-order valence-corrected chi connectivity index (χ1v) is 13.2. The van der Waals surface area contributed by atoms with Crippen LogP contribution in [0.3, 0.4) is 0 Å². The van der Waals surface area contributed by atoms with E-state index in [9.17, 15) is 30.4 Å². The molecule has 0 N–H and O–H groups in total. The normalized spacial score (nSPS) is 14.6. The van der Waals surface area contributed by atoms with Crippen molar-refractivity contribution in [1.29, 1.82) is 0 Å². The van der Waals surface area contributed by atoms with Crippen molar-refractivity contribution in [1.82, 2.24) is 19.5 Å². The van der Waals surface area contributed by atoms with Crippen molar-refractivity contribution in [2.45, 2.75) is 49.7 Å². The summed E-state index contributed by atoms with van der Waals surface area (Å²) in [6, 6.07) is 7.18. The van der Waals surface area contributed by atoms with Gasteiger partial charge in [-0.05, 0) is 37.1 Å². The molecule has 3 aliphatic rings. The number of aromatic nitrogens is 4. The zero-order valence-electron chi connectivity index (χ0n) is 19.5. The number of alkyl halides is 5. The van der Waals surface area contributed by atoms with E-state index in [2.05, 4.69) is 15.0 Å². The van der Waals surface area contributed by atoms with Gasteiger partial charge in [-0.3, -0.25) is 9.97 Å². The number of hydrogen-bond donors (Lipinski definition) is 0. The van der Waals surface area contributed by atoms with Crippen molar-refractivity contribution in [2.24, 2.45) is 0 Å². The maximum absolute atomic E-state index is 13.4. The topological polar surface area (TPSA) is 77.7 Å². The van der Waals surface area contributed by atoms with Crippen LogP contribution in [0.25, 0.3) is 33.9 Å². The fourth-order valence-electron chi connectivity index (χ4n) is 4.14. The van der Waals surface area contributed by atoms with Crippen molar-refractivity contribution in [3.8, 4) is 33.9 Å².